The summed E-state index contributed by atoms with van der Waals surface area (Å²) in [5, 5.41) is 22.4. The first kappa shape index (κ1) is 10.7. The molecule has 1 aromatic rings. The van der Waals surface area contributed by atoms with Gasteiger partial charge >= 0.3 is 0 Å². The Kier molecular flexibility index (Phi) is 3.43. The zero-order valence-corrected chi connectivity index (χ0v) is 8.60. The summed E-state index contributed by atoms with van der Waals surface area (Å²) in [6, 6.07) is 11.1. The minimum Gasteiger partial charge on any atom is -0.267 e. The van der Waals surface area contributed by atoms with E-state index < -0.39 is 0 Å². The highest BCUT2D eigenvalue weighted by atomic mass is 15.4. The molecule has 0 atom stereocenters. The Morgan fingerprint density at radius 2 is 1.73 bits per heavy atom. The van der Waals surface area contributed by atoms with Gasteiger partial charge in [0.2, 0.25) is 5.71 Å². The minimum atomic E-state index is -0.155. The van der Waals surface area contributed by atoms with Crippen LogP contribution in [0.3, 0.4) is 0 Å². The Morgan fingerprint density at radius 1 is 1.20 bits per heavy atom. The highest BCUT2D eigenvalue weighted by Crippen LogP contribution is 2.13. The Labute approximate surface area is 88.7 Å². The lowest BCUT2D eigenvalue weighted by molar-refractivity contribution is 1.02. The molecule has 0 aliphatic rings. The molecule has 4 heteroatoms. The summed E-state index contributed by atoms with van der Waals surface area (Å²) < 4.78 is 0. The molecule has 0 unspecified atom stereocenters. The molecule has 1 rings (SSSR count). The molecule has 0 bridgehead atoms. The predicted octanol–water partition coefficient (Wildman–Crippen LogP) is 1.83. The summed E-state index contributed by atoms with van der Waals surface area (Å²) in [5.74, 6) is 0. The fourth-order valence-corrected chi connectivity index (χ4v) is 1.04. The number of hydrogen-bond acceptors (Lipinski definition) is 4. The smallest absolute Gasteiger partial charge is 0.237 e. The van der Waals surface area contributed by atoms with E-state index in [0.29, 0.717) is 0 Å². The molecule has 0 fully saturated rings. The van der Waals surface area contributed by atoms with E-state index >= 15 is 0 Å². The van der Waals surface area contributed by atoms with Crippen molar-refractivity contribution in [3.8, 4) is 12.1 Å². The van der Waals surface area contributed by atoms with Gasteiger partial charge in [-0.3, -0.25) is 5.01 Å². The van der Waals surface area contributed by atoms with E-state index in [0.717, 1.165) is 11.3 Å². The van der Waals surface area contributed by atoms with Crippen LogP contribution in [-0.2, 0) is 0 Å². The average molecular weight is 198 g/mol. The third-order valence-corrected chi connectivity index (χ3v) is 1.87. The number of aryl methyl sites for hydroxylation is 1. The van der Waals surface area contributed by atoms with Gasteiger partial charge in [0.05, 0.1) is 5.69 Å². The Morgan fingerprint density at radius 3 is 2.20 bits per heavy atom. The molecule has 0 aliphatic carbocycles. The standard InChI is InChI=1S/C11H10N4/c1-9-3-5-11(6-4-9)15(2)14-10(7-12)8-13/h3-6H,1-2H3. The summed E-state index contributed by atoms with van der Waals surface area (Å²) in [6.07, 6.45) is 0. The lowest BCUT2D eigenvalue weighted by atomic mass is 10.2. The number of rotatable bonds is 2. The van der Waals surface area contributed by atoms with Crippen LogP contribution in [0.5, 0.6) is 0 Å². The number of benzene rings is 1. The lowest BCUT2D eigenvalue weighted by Gasteiger charge is -2.12. The van der Waals surface area contributed by atoms with E-state index in [1.54, 1.807) is 19.2 Å². The molecule has 0 saturated heterocycles. The molecule has 0 N–H and O–H groups in total. The van der Waals surface area contributed by atoms with E-state index in [1.807, 2.05) is 31.2 Å². The van der Waals surface area contributed by atoms with Gasteiger partial charge in [-0.25, -0.2) is 0 Å². The number of nitrogens with zero attached hydrogens (tertiary/aromatic N) is 4. The van der Waals surface area contributed by atoms with Gasteiger partial charge in [0.25, 0.3) is 0 Å². The Hall–Kier alpha value is -2.33. The molecular weight excluding hydrogens is 188 g/mol. The molecule has 15 heavy (non-hydrogen) atoms. The van der Waals surface area contributed by atoms with Crippen molar-refractivity contribution < 1.29 is 0 Å². The first-order valence-corrected chi connectivity index (χ1v) is 4.36. The van der Waals surface area contributed by atoms with Crippen LogP contribution in [0.2, 0.25) is 0 Å². The van der Waals surface area contributed by atoms with Crippen LogP contribution in [0.1, 0.15) is 5.56 Å². The normalized spacial score (nSPS) is 8.53. The number of nitriles is 2. The van der Waals surface area contributed by atoms with Crippen LogP contribution in [-0.4, -0.2) is 12.8 Å². The molecule has 0 amide bonds. The van der Waals surface area contributed by atoms with Crippen molar-refractivity contribution in [3.63, 3.8) is 0 Å². The largest absolute Gasteiger partial charge is 0.267 e. The highest BCUT2D eigenvalue weighted by molar-refractivity contribution is 6.10. The van der Waals surface area contributed by atoms with Crippen molar-refractivity contribution in [3.05, 3.63) is 29.8 Å². The minimum absolute atomic E-state index is 0.155. The van der Waals surface area contributed by atoms with Crippen molar-refractivity contribution in [2.24, 2.45) is 5.10 Å². The van der Waals surface area contributed by atoms with Crippen LogP contribution in [0.4, 0.5) is 5.69 Å². The summed E-state index contributed by atoms with van der Waals surface area (Å²) in [6.45, 7) is 1.99. The third-order valence-electron chi connectivity index (χ3n) is 1.87. The monoisotopic (exact) mass is 198 g/mol. The summed E-state index contributed by atoms with van der Waals surface area (Å²) in [4.78, 5) is 0. The first-order valence-electron chi connectivity index (χ1n) is 4.36. The third kappa shape index (κ3) is 2.82. The second-order valence-corrected chi connectivity index (χ2v) is 3.03. The Bertz CT molecular complexity index is 429. The van der Waals surface area contributed by atoms with E-state index in [4.69, 9.17) is 10.5 Å². The predicted molar refractivity (Wildman–Crippen MR) is 58.2 cm³/mol. The molecule has 4 nitrogen and oxygen atoms in total. The summed E-state index contributed by atoms with van der Waals surface area (Å²) in [5.41, 5.74) is 1.83. The van der Waals surface area contributed by atoms with Crippen molar-refractivity contribution in [2.45, 2.75) is 6.92 Å². The SMILES string of the molecule is Cc1ccc(N(C)N=C(C#N)C#N)cc1. The second-order valence-electron chi connectivity index (χ2n) is 3.03. The fraction of sp³-hybridized carbons (Fsp3) is 0.182. The molecule has 0 spiro atoms. The number of hydrogen-bond donors (Lipinski definition) is 0. The van der Waals surface area contributed by atoms with Gasteiger partial charge in [-0.05, 0) is 19.1 Å². The van der Waals surface area contributed by atoms with Crippen LogP contribution in [0, 0.1) is 29.6 Å². The second kappa shape index (κ2) is 4.78. The van der Waals surface area contributed by atoms with Gasteiger partial charge in [-0.1, -0.05) is 17.7 Å². The van der Waals surface area contributed by atoms with E-state index in [1.165, 1.54) is 5.01 Å². The lowest BCUT2D eigenvalue weighted by Crippen LogP contribution is -2.11. The molecule has 0 aromatic heterocycles. The van der Waals surface area contributed by atoms with Crippen LogP contribution in [0.25, 0.3) is 0 Å². The van der Waals surface area contributed by atoms with Gasteiger partial charge in [0, 0.05) is 7.05 Å². The zero-order chi connectivity index (χ0) is 11.3. The van der Waals surface area contributed by atoms with Gasteiger partial charge in [-0.2, -0.15) is 15.6 Å². The quantitative estimate of drug-likeness (QED) is 0.538. The van der Waals surface area contributed by atoms with Gasteiger partial charge in [0.1, 0.15) is 12.1 Å². The van der Waals surface area contributed by atoms with Crippen LogP contribution >= 0.6 is 0 Å². The summed E-state index contributed by atoms with van der Waals surface area (Å²) >= 11 is 0. The highest BCUT2D eigenvalue weighted by Gasteiger charge is 2.00. The maximum absolute atomic E-state index is 8.54. The molecule has 0 radical (unpaired) electrons. The molecule has 74 valence electrons. The van der Waals surface area contributed by atoms with Crippen LogP contribution in [0.15, 0.2) is 29.4 Å². The number of hydrazone groups is 1. The van der Waals surface area contributed by atoms with Crippen molar-refractivity contribution in [1.82, 2.24) is 0 Å². The van der Waals surface area contributed by atoms with Gasteiger partial charge in [0.15, 0.2) is 0 Å². The molecule has 1 aromatic carbocycles. The van der Waals surface area contributed by atoms with Gasteiger partial charge < -0.3 is 0 Å². The van der Waals surface area contributed by atoms with Crippen molar-refractivity contribution >= 4 is 11.4 Å². The van der Waals surface area contributed by atoms with E-state index in [2.05, 4.69) is 5.10 Å². The maximum Gasteiger partial charge on any atom is 0.237 e. The fourth-order valence-electron chi connectivity index (χ4n) is 1.04. The molecule has 0 aliphatic heterocycles. The molecule has 0 heterocycles. The van der Waals surface area contributed by atoms with E-state index in [-0.39, 0.29) is 5.71 Å². The van der Waals surface area contributed by atoms with Gasteiger partial charge in [-0.15, -0.1) is 0 Å². The zero-order valence-electron chi connectivity index (χ0n) is 8.60. The van der Waals surface area contributed by atoms with Crippen LogP contribution < -0.4 is 5.01 Å². The number of anilines is 1. The van der Waals surface area contributed by atoms with Crippen molar-refractivity contribution in [2.75, 3.05) is 12.1 Å². The topological polar surface area (TPSA) is 63.2 Å². The molecule has 0 saturated carbocycles. The average Bonchev–Trinajstić information content (AvgIpc) is 2.26. The maximum atomic E-state index is 8.54. The first-order chi connectivity index (χ1) is 7.17. The van der Waals surface area contributed by atoms with E-state index in [9.17, 15) is 0 Å². The summed E-state index contributed by atoms with van der Waals surface area (Å²) in [7, 11) is 1.69. The van der Waals surface area contributed by atoms with Crippen molar-refractivity contribution in [1.29, 1.82) is 10.5 Å². The Balaban J connectivity index is 2.92. The molecular formula is C11H10N4.